The van der Waals surface area contributed by atoms with E-state index < -0.39 is 17.6 Å². The standard InChI is InChI=1S/C22H21F3N6O/c1-15-27-19(29-18-7-2-3-8-26-18)14-20(28-15)30-9-11-31(12-10-30)21(32)16-5-4-6-17(13-16)22(23,24)25/h2-8,13-14H,9-12H2,1H3,(H,26,27,28,29). The van der Waals surface area contributed by atoms with Crippen LogP contribution in [-0.2, 0) is 6.18 Å². The van der Waals surface area contributed by atoms with Crippen LogP contribution in [0.25, 0.3) is 0 Å². The minimum Gasteiger partial charge on any atom is -0.353 e. The van der Waals surface area contributed by atoms with E-state index in [1.165, 1.54) is 12.1 Å². The Labute approximate surface area is 182 Å². The number of piperazine rings is 1. The summed E-state index contributed by atoms with van der Waals surface area (Å²) >= 11 is 0. The van der Waals surface area contributed by atoms with Gasteiger partial charge in [-0.3, -0.25) is 4.79 Å². The maximum absolute atomic E-state index is 13.0. The summed E-state index contributed by atoms with van der Waals surface area (Å²) in [5.41, 5.74) is -0.792. The predicted molar refractivity (Wildman–Crippen MR) is 114 cm³/mol. The number of hydrogen-bond donors (Lipinski definition) is 1. The maximum Gasteiger partial charge on any atom is 0.416 e. The van der Waals surface area contributed by atoms with Crippen molar-refractivity contribution in [2.45, 2.75) is 13.1 Å². The predicted octanol–water partition coefficient (Wildman–Crippen LogP) is 3.90. The van der Waals surface area contributed by atoms with Crippen molar-refractivity contribution in [3.63, 3.8) is 0 Å². The first kappa shape index (κ1) is 21.5. The van der Waals surface area contributed by atoms with Gasteiger partial charge < -0.3 is 15.1 Å². The zero-order valence-electron chi connectivity index (χ0n) is 17.3. The van der Waals surface area contributed by atoms with Crippen LogP contribution in [0.15, 0.2) is 54.7 Å². The highest BCUT2D eigenvalue weighted by Gasteiger charge is 2.31. The second kappa shape index (κ2) is 8.81. The fourth-order valence-electron chi connectivity index (χ4n) is 3.50. The Kier molecular flexibility index (Phi) is 5.93. The van der Waals surface area contributed by atoms with Crippen LogP contribution in [0, 0.1) is 6.92 Å². The lowest BCUT2D eigenvalue weighted by molar-refractivity contribution is -0.137. The molecular weight excluding hydrogens is 421 g/mol. The molecule has 2 aromatic heterocycles. The van der Waals surface area contributed by atoms with Gasteiger partial charge in [-0.05, 0) is 37.3 Å². The fourth-order valence-corrected chi connectivity index (χ4v) is 3.50. The summed E-state index contributed by atoms with van der Waals surface area (Å²) in [4.78, 5) is 29.4. The average Bonchev–Trinajstić information content (AvgIpc) is 2.78. The van der Waals surface area contributed by atoms with E-state index in [1.807, 2.05) is 29.2 Å². The van der Waals surface area contributed by atoms with Gasteiger partial charge in [0.2, 0.25) is 0 Å². The summed E-state index contributed by atoms with van der Waals surface area (Å²) in [6.45, 7) is 3.55. The molecule has 0 radical (unpaired) electrons. The molecule has 10 heteroatoms. The van der Waals surface area contributed by atoms with E-state index in [4.69, 9.17) is 0 Å². The van der Waals surface area contributed by atoms with Crippen molar-refractivity contribution in [3.05, 3.63) is 71.7 Å². The summed E-state index contributed by atoms with van der Waals surface area (Å²) in [6, 6.07) is 11.9. The molecule has 0 atom stereocenters. The van der Waals surface area contributed by atoms with Crippen molar-refractivity contribution in [2.75, 3.05) is 36.4 Å². The molecule has 1 fully saturated rings. The molecule has 0 aliphatic carbocycles. The number of halogens is 3. The first-order valence-electron chi connectivity index (χ1n) is 10.0. The summed E-state index contributed by atoms with van der Waals surface area (Å²) in [6.07, 6.45) is -2.81. The van der Waals surface area contributed by atoms with Gasteiger partial charge in [-0.1, -0.05) is 12.1 Å². The number of carbonyl (C=O) groups excluding carboxylic acids is 1. The topological polar surface area (TPSA) is 74.2 Å². The zero-order chi connectivity index (χ0) is 22.7. The Morgan fingerprint density at radius 1 is 0.969 bits per heavy atom. The number of aromatic nitrogens is 3. The number of alkyl halides is 3. The molecule has 3 aromatic rings. The highest BCUT2D eigenvalue weighted by molar-refractivity contribution is 5.94. The second-order valence-corrected chi connectivity index (χ2v) is 7.36. The fraction of sp³-hybridized carbons (Fsp3) is 0.273. The molecule has 0 unspecified atom stereocenters. The normalized spacial score (nSPS) is 14.4. The number of nitrogens with one attached hydrogen (secondary N) is 1. The third-order valence-electron chi connectivity index (χ3n) is 5.07. The van der Waals surface area contributed by atoms with E-state index in [1.54, 1.807) is 18.0 Å². The van der Waals surface area contributed by atoms with Gasteiger partial charge in [0.1, 0.15) is 23.3 Å². The Morgan fingerprint density at radius 3 is 2.44 bits per heavy atom. The number of hydrogen-bond acceptors (Lipinski definition) is 6. The van der Waals surface area contributed by atoms with Gasteiger partial charge in [-0.2, -0.15) is 13.2 Å². The lowest BCUT2D eigenvalue weighted by Crippen LogP contribution is -2.49. The highest BCUT2D eigenvalue weighted by Crippen LogP contribution is 2.30. The number of benzene rings is 1. The van der Waals surface area contributed by atoms with Crippen LogP contribution < -0.4 is 10.2 Å². The van der Waals surface area contributed by atoms with Crippen LogP contribution in [0.1, 0.15) is 21.7 Å². The molecule has 7 nitrogen and oxygen atoms in total. The smallest absolute Gasteiger partial charge is 0.353 e. The van der Waals surface area contributed by atoms with Gasteiger partial charge in [-0.15, -0.1) is 0 Å². The Morgan fingerprint density at radius 2 is 1.75 bits per heavy atom. The molecule has 1 aliphatic heterocycles. The zero-order valence-corrected chi connectivity index (χ0v) is 17.3. The first-order chi connectivity index (χ1) is 15.3. The minimum absolute atomic E-state index is 0.0352. The van der Waals surface area contributed by atoms with Crippen molar-refractivity contribution >= 4 is 23.4 Å². The molecule has 0 bridgehead atoms. The number of aryl methyl sites for hydroxylation is 1. The number of rotatable bonds is 4. The van der Waals surface area contributed by atoms with E-state index in [-0.39, 0.29) is 5.56 Å². The Balaban J connectivity index is 1.43. The Bertz CT molecular complexity index is 1100. The molecule has 166 valence electrons. The summed E-state index contributed by atoms with van der Waals surface area (Å²) in [7, 11) is 0. The van der Waals surface area contributed by atoms with Crippen LogP contribution in [0.5, 0.6) is 0 Å². The molecule has 1 aromatic carbocycles. The maximum atomic E-state index is 13.0. The van der Waals surface area contributed by atoms with Gasteiger partial charge in [0.05, 0.1) is 5.56 Å². The summed E-state index contributed by atoms with van der Waals surface area (Å²) < 4.78 is 38.9. The third-order valence-corrected chi connectivity index (χ3v) is 5.07. The molecule has 1 amide bonds. The quantitative estimate of drug-likeness (QED) is 0.661. The monoisotopic (exact) mass is 442 g/mol. The van der Waals surface area contributed by atoms with Crippen molar-refractivity contribution < 1.29 is 18.0 Å². The van der Waals surface area contributed by atoms with E-state index in [9.17, 15) is 18.0 Å². The summed E-state index contributed by atoms with van der Waals surface area (Å²) in [5, 5.41) is 3.14. The van der Waals surface area contributed by atoms with Gasteiger partial charge in [0, 0.05) is 44.0 Å². The first-order valence-corrected chi connectivity index (χ1v) is 10.0. The number of nitrogens with zero attached hydrogens (tertiary/aromatic N) is 5. The van der Waals surface area contributed by atoms with Crippen LogP contribution in [0.2, 0.25) is 0 Å². The van der Waals surface area contributed by atoms with Gasteiger partial charge in [-0.25, -0.2) is 15.0 Å². The molecule has 0 saturated carbocycles. The SMILES string of the molecule is Cc1nc(Nc2ccccn2)cc(N2CCN(C(=O)c3cccc(C(F)(F)F)c3)CC2)n1. The molecule has 0 spiro atoms. The van der Waals surface area contributed by atoms with Crippen molar-refractivity contribution in [2.24, 2.45) is 0 Å². The lowest BCUT2D eigenvalue weighted by atomic mass is 10.1. The van der Waals surface area contributed by atoms with Crippen LogP contribution in [0.4, 0.5) is 30.6 Å². The number of anilines is 3. The molecule has 4 rings (SSSR count). The van der Waals surface area contributed by atoms with Crippen molar-refractivity contribution in [3.8, 4) is 0 Å². The second-order valence-electron chi connectivity index (χ2n) is 7.36. The molecule has 3 heterocycles. The van der Waals surface area contributed by atoms with E-state index in [0.29, 0.717) is 49.5 Å². The van der Waals surface area contributed by atoms with Crippen molar-refractivity contribution in [1.82, 2.24) is 19.9 Å². The van der Waals surface area contributed by atoms with E-state index in [2.05, 4.69) is 20.3 Å². The molecule has 1 saturated heterocycles. The number of amides is 1. The van der Waals surface area contributed by atoms with Crippen LogP contribution in [-0.4, -0.2) is 51.9 Å². The van der Waals surface area contributed by atoms with Crippen LogP contribution >= 0.6 is 0 Å². The van der Waals surface area contributed by atoms with E-state index in [0.717, 1.165) is 12.1 Å². The van der Waals surface area contributed by atoms with Gasteiger partial charge in [0.25, 0.3) is 5.91 Å². The van der Waals surface area contributed by atoms with Gasteiger partial charge >= 0.3 is 6.18 Å². The molecule has 1 N–H and O–H groups in total. The number of pyridine rings is 1. The van der Waals surface area contributed by atoms with E-state index >= 15 is 0 Å². The minimum atomic E-state index is -4.49. The number of carbonyl (C=O) groups is 1. The van der Waals surface area contributed by atoms with Gasteiger partial charge in [0.15, 0.2) is 0 Å². The third kappa shape index (κ3) is 4.96. The van der Waals surface area contributed by atoms with Crippen molar-refractivity contribution in [1.29, 1.82) is 0 Å². The largest absolute Gasteiger partial charge is 0.416 e. The highest BCUT2D eigenvalue weighted by atomic mass is 19.4. The Hall–Kier alpha value is -3.69. The molecule has 1 aliphatic rings. The molecular formula is C22H21F3N6O. The lowest BCUT2D eigenvalue weighted by Gasteiger charge is -2.35. The summed E-state index contributed by atoms with van der Waals surface area (Å²) in [5.74, 6) is 2.15. The van der Waals surface area contributed by atoms with Crippen LogP contribution in [0.3, 0.4) is 0 Å². The average molecular weight is 442 g/mol. The molecule has 32 heavy (non-hydrogen) atoms.